The summed E-state index contributed by atoms with van der Waals surface area (Å²) in [7, 11) is 0. The number of anilines is 1. The maximum absolute atomic E-state index is 13.6. The lowest BCUT2D eigenvalue weighted by Gasteiger charge is -2.07. The number of hydrogen-bond acceptors (Lipinski definition) is 5. The number of halogens is 1. The highest BCUT2D eigenvalue weighted by Crippen LogP contribution is 2.30. The van der Waals surface area contributed by atoms with E-state index in [2.05, 4.69) is 20.5 Å². The van der Waals surface area contributed by atoms with Crippen LogP contribution in [0.5, 0.6) is 0 Å². The monoisotopic (exact) mass is 346 g/mol. The molecule has 1 aliphatic heterocycles. The zero-order valence-corrected chi connectivity index (χ0v) is 13.7. The molecule has 124 valence electrons. The van der Waals surface area contributed by atoms with Crippen LogP contribution in [0.15, 0.2) is 18.3 Å². The molecule has 0 saturated carbocycles. The number of fused-ring (bicyclic) bond motifs is 1. The number of aromatic nitrogens is 3. The van der Waals surface area contributed by atoms with Crippen molar-refractivity contribution in [1.29, 1.82) is 0 Å². The first-order valence-corrected chi connectivity index (χ1v) is 8.43. The first-order chi connectivity index (χ1) is 11.6. The molecule has 2 N–H and O–H groups in total. The summed E-state index contributed by atoms with van der Waals surface area (Å²) >= 11 is 1.32. The van der Waals surface area contributed by atoms with E-state index in [0.717, 1.165) is 16.8 Å². The van der Waals surface area contributed by atoms with E-state index in [1.54, 1.807) is 13.0 Å². The van der Waals surface area contributed by atoms with Gasteiger partial charge in [0.15, 0.2) is 5.13 Å². The minimum absolute atomic E-state index is 0.153. The molecule has 4 rings (SSSR count). The van der Waals surface area contributed by atoms with Crippen LogP contribution in [0.2, 0.25) is 0 Å². The topological polar surface area (TPSA) is 79.9 Å². The van der Waals surface area contributed by atoms with E-state index >= 15 is 0 Å². The van der Waals surface area contributed by atoms with Gasteiger partial charge in [0.05, 0.1) is 34.3 Å². The van der Waals surface area contributed by atoms with E-state index in [0.29, 0.717) is 35.0 Å². The first kappa shape index (κ1) is 15.2. The van der Waals surface area contributed by atoms with Gasteiger partial charge in [-0.15, -0.1) is 0 Å². The van der Waals surface area contributed by atoms with Gasteiger partial charge in [0, 0.05) is 18.1 Å². The fourth-order valence-corrected chi connectivity index (χ4v) is 3.79. The number of carbonyl (C=O) groups is 1. The van der Waals surface area contributed by atoms with E-state index < -0.39 is 0 Å². The lowest BCUT2D eigenvalue weighted by Crippen LogP contribution is -2.15. The Bertz CT molecular complexity index is 914. The molecule has 8 heteroatoms. The fraction of sp³-hybridized carbons (Fsp3) is 0.312. The minimum atomic E-state index is -0.302. The third kappa shape index (κ3) is 2.57. The first-order valence-electron chi connectivity index (χ1n) is 7.61. The van der Waals surface area contributed by atoms with Gasteiger partial charge in [-0.1, -0.05) is 11.3 Å². The molecule has 2 aromatic heterocycles. The summed E-state index contributed by atoms with van der Waals surface area (Å²) in [6, 6.07) is 3.08. The predicted molar refractivity (Wildman–Crippen MR) is 89.0 cm³/mol. The maximum Gasteiger partial charge on any atom is 0.260 e. The number of benzene rings is 1. The quantitative estimate of drug-likeness (QED) is 0.763. The van der Waals surface area contributed by atoms with Crippen LogP contribution in [-0.4, -0.2) is 34.3 Å². The number of nitrogens with zero attached hydrogens (tertiary/aromatic N) is 2. The highest BCUT2D eigenvalue weighted by atomic mass is 32.1. The molecule has 0 radical (unpaired) electrons. The van der Waals surface area contributed by atoms with Gasteiger partial charge < -0.3 is 4.74 Å². The molecular weight excluding hydrogens is 331 g/mol. The van der Waals surface area contributed by atoms with Crippen molar-refractivity contribution in [3.63, 3.8) is 0 Å². The Balaban J connectivity index is 1.61. The lowest BCUT2D eigenvalue weighted by molar-refractivity contribution is 0.102. The van der Waals surface area contributed by atoms with Crippen LogP contribution in [0, 0.1) is 12.7 Å². The average Bonchev–Trinajstić information content (AvgIpc) is 3.28. The molecule has 1 aliphatic rings. The second kappa shape index (κ2) is 5.95. The van der Waals surface area contributed by atoms with Crippen molar-refractivity contribution in [2.75, 3.05) is 18.5 Å². The minimum Gasteiger partial charge on any atom is -0.381 e. The molecule has 3 aromatic rings. The Morgan fingerprint density at radius 3 is 3.17 bits per heavy atom. The van der Waals surface area contributed by atoms with Gasteiger partial charge in [0.2, 0.25) is 0 Å². The summed E-state index contributed by atoms with van der Waals surface area (Å²) in [5.41, 5.74) is 2.34. The van der Waals surface area contributed by atoms with Gasteiger partial charge in [-0.2, -0.15) is 5.10 Å². The number of carbonyl (C=O) groups excluding carboxylic acids is 1. The van der Waals surface area contributed by atoms with Gasteiger partial charge in [-0.25, -0.2) is 9.37 Å². The van der Waals surface area contributed by atoms with Crippen molar-refractivity contribution in [2.45, 2.75) is 19.3 Å². The molecule has 0 bridgehead atoms. The van der Waals surface area contributed by atoms with Crippen LogP contribution < -0.4 is 5.32 Å². The number of amides is 1. The van der Waals surface area contributed by atoms with Gasteiger partial charge >= 0.3 is 0 Å². The zero-order valence-electron chi connectivity index (χ0n) is 12.9. The number of aromatic amines is 1. The Morgan fingerprint density at radius 1 is 1.50 bits per heavy atom. The number of nitrogens with one attached hydrogen (secondary N) is 2. The maximum atomic E-state index is 13.6. The van der Waals surface area contributed by atoms with Crippen molar-refractivity contribution >= 4 is 32.6 Å². The second-order valence-electron chi connectivity index (χ2n) is 5.75. The summed E-state index contributed by atoms with van der Waals surface area (Å²) in [4.78, 5) is 16.9. The summed E-state index contributed by atoms with van der Waals surface area (Å²) in [5.74, 6) is -0.424. The number of ether oxygens (including phenoxy) is 1. The van der Waals surface area contributed by atoms with Crippen LogP contribution in [0.3, 0.4) is 0 Å². The normalized spacial score (nSPS) is 17.5. The number of H-pyrrole nitrogens is 1. The molecule has 1 saturated heterocycles. The molecule has 0 spiro atoms. The Kier molecular flexibility index (Phi) is 3.78. The Hall–Kier alpha value is -2.32. The number of hydrogen-bond donors (Lipinski definition) is 2. The third-order valence-corrected chi connectivity index (χ3v) is 5.16. The van der Waals surface area contributed by atoms with E-state index in [-0.39, 0.29) is 17.6 Å². The van der Waals surface area contributed by atoms with Crippen molar-refractivity contribution < 1.29 is 13.9 Å². The van der Waals surface area contributed by atoms with Crippen molar-refractivity contribution in [2.24, 2.45) is 0 Å². The molecule has 1 aromatic carbocycles. The van der Waals surface area contributed by atoms with Crippen LogP contribution in [0.1, 0.15) is 34.0 Å². The van der Waals surface area contributed by atoms with Crippen LogP contribution in [-0.2, 0) is 4.74 Å². The van der Waals surface area contributed by atoms with Crippen LogP contribution in [0.4, 0.5) is 9.52 Å². The molecule has 1 unspecified atom stereocenters. The summed E-state index contributed by atoms with van der Waals surface area (Å²) in [6.07, 6.45) is 2.38. The van der Waals surface area contributed by atoms with Gasteiger partial charge in [0.1, 0.15) is 5.82 Å². The fourth-order valence-electron chi connectivity index (χ4n) is 2.87. The molecule has 1 fully saturated rings. The Morgan fingerprint density at radius 2 is 2.38 bits per heavy atom. The van der Waals surface area contributed by atoms with Crippen LogP contribution in [0.25, 0.3) is 10.2 Å². The second-order valence-corrected chi connectivity index (χ2v) is 6.78. The summed E-state index contributed by atoms with van der Waals surface area (Å²) in [5, 5.41) is 10.1. The average molecular weight is 346 g/mol. The zero-order chi connectivity index (χ0) is 16.7. The Labute approximate surface area is 141 Å². The highest BCUT2D eigenvalue weighted by Gasteiger charge is 2.25. The molecule has 6 nitrogen and oxygen atoms in total. The molecule has 1 amide bonds. The third-order valence-electron chi connectivity index (χ3n) is 4.22. The standard InChI is InChI=1S/C16H15FN4O2S/c1-8-11(17)2-3-12-13(8)19-16(24-12)20-15(22)10-6-18-21-14(10)9-4-5-23-7-9/h2-3,6,9H,4-5,7H2,1H3,(H,18,21)(H,19,20,22). The van der Waals surface area contributed by atoms with E-state index in [1.165, 1.54) is 23.6 Å². The smallest absolute Gasteiger partial charge is 0.260 e. The molecule has 1 atom stereocenters. The highest BCUT2D eigenvalue weighted by molar-refractivity contribution is 7.22. The molecule has 0 aliphatic carbocycles. The summed E-state index contributed by atoms with van der Waals surface area (Å²) < 4.78 is 19.8. The summed E-state index contributed by atoms with van der Waals surface area (Å²) in [6.45, 7) is 2.95. The molecule has 3 heterocycles. The number of rotatable bonds is 3. The number of aryl methyl sites for hydroxylation is 1. The van der Waals surface area contributed by atoms with Gasteiger partial charge in [-0.3, -0.25) is 15.2 Å². The molecular formula is C16H15FN4O2S. The predicted octanol–water partition coefficient (Wildman–Crippen LogP) is 3.22. The van der Waals surface area contributed by atoms with E-state index in [4.69, 9.17) is 4.74 Å². The van der Waals surface area contributed by atoms with Crippen molar-refractivity contribution in [1.82, 2.24) is 15.2 Å². The SMILES string of the molecule is Cc1c(F)ccc2sc(NC(=O)c3cn[nH]c3C3CCOC3)nc12. The van der Waals surface area contributed by atoms with E-state index in [1.807, 2.05) is 0 Å². The van der Waals surface area contributed by atoms with Crippen LogP contribution >= 0.6 is 11.3 Å². The van der Waals surface area contributed by atoms with Gasteiger partial charge in [0.25, 0.3) is 5.91 Å². The van der Waals surface area contributed by atoms with Crippen molar-refractivity contribution in [3.8, 4) is 0 Å². The van der Waals surface area contributed by atoms with Gasteiger partial charge in [-0.05, 0) is 25.5 Å². The van der Waals surface area contributed by atoms with Crippen molar-refractivity contribution in [3.05, 3.63) is 41.0 Å². The lowest BCUT2D eigenvalue weighted by atomic mass is 10.0. The largest absolute Gasteiger partial charge is 0.381 e. The van der Waals surface area contributed by atoms with E-state index in [9.17, 15) is 9.18 Å². The molecule has 24 heavy (non-hydrogen) atoms. The number of thiazole rings is 1.